The Balaban J connectivity index is 1.94. The van der Waals surface area contributed by atoms with Gasteiger partial charge in [-0.2, -0.15) is 0 Å². The summed E-state index contributed by atoms with van der Waals surface area (Å²) in [7, 11) is 0. The first-order chi connectivity index (χ1) is 12.6. The van der Waals surface area contributed by atoms with Crippen LogP contribution in [0.3, 0.4) is 0 Å². The van der Waals surface area contributed by atoms with E-state index in [2.05, 4.69) is 73.2 Å². The normalized spacial score (nSPS) is 22.1. The summed E-state index contributed by atoms with van der Waals surface area (Å²) in [4.78, 5) is 3.16. The van der Waals surface area contributed by atoms with Crippen LogP contribution in [0.1, 0.15) is 44.6 Å². The van der Waals surface area contributed by atoms with Crippen LogP contribution in [0.4, 0.5) is 0 Å². The van der Waals surface area contributed by atoms with Gasteiger partial charge in [-0.05, 0) is 36.8 Å². The van der Waals surface area contributed by atoms with Crippen molar-refractivity contribution in [2.24, 2.45) is 0 Å². The Hall–Kier alpha value is -2.05. The van der Waals surface area contributed by atoms with Crippen molar-refractivity contribution in [1.82, 2.24) is 20.2 Å². The van der Waals surface area contributed by atoms with Crippen molar-refractivity contribution in [2.75, 3.05) is 32.7 Å². The Labute approximate surface area is 156 Å². The van der Waals surface area contributed by atoms with Crippen molar-refractivity contribution in [1.29, 1.82) is 0 Å². The minimum Gasteiger partial charge on any atom is -0.322 e. The Bertz CT molecular complexity index is 700. The fourth-order valence-electron chi connectivity index (χ4n) is 3.79. The molecule has 1 aliphatic rings. The monoisotopic (exact) mass is 356 g/mol. The minimum atomic E-state index is -0.0960. The van der Waals surface area contributed by atoms with E-state index in [1.165, 1.54) is 5.56 Å². The molecule has 1 atom stereocenters. The largest absolute Gasteiger partial charge is 0.322 e. The van der Waals surface area contributed by atoms with Crippen LogP contribution < -0.4 is 9.80 Å². The second-order valence-electron chi connectivity index (χ2n) is 7.86. The molecule has 0 saturated carbocycles. The van der Waals surface area contributed by atoms with E-state index < -0.39 is 0 Å². The SMILES string of the molecule is C=CC[NH+]1CC[NH+]([C@H](c2ccccc2)c2nnnn2C(C)(C)CC)CC1. The number of nitrogens with zero attached hydrogens (tertiary/aromatic N) is 4. The molecular weight excluding hydrogens is 324 g/mol. The highest BCUT2D eigenvalue weighted by atomic mass is 15.6. The molecule has 0 radical (unpaired) electrons. The molecule has 2 aromatic rings. The number of hydrogen-bond donors (Lipinski definition) is 2. The lowest BCUT2D eigenvalue weighted by molar-refractivity contribution is -1.02. The van der Waals surface area contributed by atoms with E-state index in [0.717, 1.165) is 45.0 Å². The van der Waals surface area contributed by atoms with E-state index in [9.17, 15) is 0 Å². The lowest BCUT2D eigenvalue weighted by atomic mass is 9.99. The quantitative estimate of drug-likeness (QED) is 0.680. The van der Waals surface area contributed by atoms with Gasteiger partial charge in [-0.3, -0.25) is 0 Å². The second kappa shape index (κ2) is 8.10. The molecule has 140 valence electrons. The number of aromatic nitrogens is 4. The van der Waals surface area contributed by atoms with E-state index >= 15 is 0 Å². The molecule has 6 nitrogen and oxygen atoms in total. The molecule has 1 aromatic heterocycles. The van der Waals surface area contributed by atoms with Gasteiger partial charge in [-0.1, -0.05) is 43.8 Å². The zero-order valence-corrected chi connectivity index (χ0v) is 16.3. The number of rotatable bonds is 7. The number of hydrogen-bond acceptors (Lipinski definition) is 3. The molecule has 0 unspecified atom stereocenters. The zero-order chi connectivity index (χ0) is 18.6. The Morgan fingerprint density at radius 3 is 2.50 bits per heavy atom. The Kier molecular flexibility index (Phi) is 5.84. The van der Waals surface area contributed by atoms with Gasteiger partial charge >= 0.3 is 0 Å². The maximum Gasteiger partial charge on any atom is 0.214 e. The summed E-state index contributed by atoms with van der Waals surface area (Å²) in [5.41, 5.74) is 1.19. The summed E-state index contributed by atoms with van der Waals surface area (Å²) in [6, 6.07) is 10.9. The van der Waals surface area contributed by atoms with Gasteiger partial charge in [0.25, 0.3) is 0 Å². The zero-order valence-electron chi connectivity index (χ0n) is 16.3. The molecule has 6 heteroatoms. The molecule has 0 spiro atoms. The average Bonchev–Trinajstić information content (AvgIpc) is 3.15. The molecule has 3 rings (SSSR count). The molecule has 2 heterocycles. The van der Waals surface area contributed by atoms with Crippen molar-refractivity contribution in [3.8, 4) is 0 Å². The fourth-order valence-corrected chi connectivity index (χ4v) is 3.79. The van der Waals surface area contributed by atoms with E-state index in [1.54, 1.807) is 9.80 Å². The van der Waals surface area contributed by atoms with Crippen molar-refractivity contribution in [2.45, 2.75) is 38.8 Å². The van der Waals surface area contributed by atoms with Crippen LogP contribution in [0.5, 0.6) is 0 Å². The number of tetrazole rings is 1. The van der Waals surface area contributed by atoms with Gasteiger partial charge in [0.15, 0.2) is 6.04 Å². The Morgan fingerprint density at radius 1 is 1.19 bits per heavy atom. The maximum atomic E-state index is 4.50. The molecule has 0 aliphatic carbocycles. The van der Waals surface area contributed by atoms with E-state index in [-0.39, 0.29) is 11.6 Å². The minimum absolute atomic E-state index is 0.0960. The molecule has 1 aromatic carbocycles. The molecule has 1 fully saturated rings. The molecular formula is C20H32N6+2. The average molecular weight is 357 g/mol. The topological polar surface area (TPSA) is 52.5 Å². The smallest absolute Gasteiger partial charge is 0.214 e. The van der Waals surface area contributed by atoms with Crippen LogP contribution in [-0.4, -0.2) is 52.9 Å². The third-order valence-corrected chi connectivity index (χ3v) is 5.76. The standard InChI is InChI=1S/C20H30N6/c1-5-12-24-13-15-25(16-14-24)18(17-10-8-7-9-11-17)19-21-22-23-26(19)20(3,4)6-2/h5,7-11,18H,1,6,12-16H2,2-4H3/p+2/t18-/m1/s1. The van der Waals surface area contributed by atoms with Crippen molar-refractivity contribution >= 4 is 0 Å². The van der Waals surface area contributed by atoms with Crippen LogP contribution in [-0.2, 0) is 5.54 Å². The van der Waals surface area contributed by atoms with E-state index in [4.69, 9.17) is 0 Å². The number of piperazine rings is 1. The second-order valence-corrected chi connectivity index (χ2v) is 7.86. The van der Waals surface area contributed by atoms with Crippen LogP contribution >= 0.6 is 0 Å². The highest BCUT2D eigenvalue weighted by Crippen LogP contribution is 2.24. The highest BCUT2D eigenvalue weighted by Gasteiger charge is 2.37. The summed E-state index contributed by atoms with van der Waals surface area (Å²) in [5.74, 6) is 0.977. The van der Waals surface area contributed by atoms with Gasteiger partial charge in [0.1, 0.15) is 26.2 Å². The first-order valence-corrected chi connectivity index (χ1v) is 9.69. The summed E-state index contributed by atoms with van der Waals surface area (Å²) in [6.45, 7) is 16.1. The van der Waals surface area contributed by atoms with Gasteiger partial charge < -0.3 is 9.80 Å². The summed E-state index contributed by atoms with van der Waals surface area (Å²) in [6.07, 6.45) is 3.01. The van der Waals surface area contributed by atoms with E-state index in [1.807, 2.05) is 10.8 Å². The van der Waals surface area contributed by atoms with Crippen LogP contribution in [0.25, 0.3) is 0 Å². The van der Waals surface area contributed by atoms with Gasteiger partial charge in [-0.25, -0.2) is 4.68 Å². The third-order valence-electron chi connectivity index (χ3n) is 5.76. The molecule has 0 amide bonds. The summed E-state index contributed by atoms with van der Waals surface area (Å²) < 4.78 is 2.04. The first kappa shape index (κ1) is 18.7. The Morgan fingerprint density at radius 2 is 1.88 bits per heavy atom. The maximum absolute atomic E-state index is 4.50. The van der Waals surface area contributed by atoms with Crippen LogP contribution in [0.15, 0.2) is 43.0 Å². The lowest BCUT2D eigenvalue weighted by Crippen LogP contribution is -3.28. The first-order valence-electron chi connectivity index (χ1n) is 9.69. The predicted octanol–water partition coefficient (Wildman–Crippen LogP) is -0.123. The summed E-state index contributed by atoms with van der Waals surface area (Å²) in [5, 5.41) is 12.9. The number of quaternary nitrogens is 2. The predicted molar refractivity (Wildman–Crippen MR) is 102 cm³/mol. The van der Waals surface area contributed by atoms with Crippen molar-refractivity contribution < 1.29 is 9.80 Å². The van der Waals surface area contributed by atoms with Gasteiger partial charge in [0.2, 0.25) is 5.82 Å². The van der Waals surface area contributed by atoms with Crippen molar-refractivity contribution in [3.63, 3.8) is 0 Å². The molecule has 2 N–H and O–H groups in total. The van der Waals surface area contributed by atoms with Gasteiger partial charge in [-0.15, -0.1) is 5.10 Å². The van der Waals surface area contributed by atoms with Gasteiger partial charge in [0, 0.05) is 5.56 Å². The molecule has 1 saturated heterocycles. The van der Waals surface area contributed by atoms with Crippen LogP contribution in [0, 0.1) is 0 Å². The fraction of sp³-hybridized carbons (Fsp3) is 0.550. The molecule has 26 heavy (non-hydrogen) atoms. The lowest BCUT2D eigenvalue weighted by Gasteiger charge is -2.35. The number of nitrogens with one attached hydrogen (secondary N) is 2. The number of benzene rings is 1. The molecule has 0 bridgehead atoms. The van der Waals surface area contributed by atoms with Gasteiger partial charge in [0.05, 0.1) is 12.1 Å². The highest BCUT2D eigenvalue weighted by molar-refractivity contribution is 5.22. The molecule has 1 aliphatic heterocycles. The third kappa shape index (κ3) is 3.86. The van der Waals surface area contributed by atoms with Crippen molar-refractivity contribution in [3.05, 3.63) is 54.4 Å². The van der Waals surface area contributed by atoms with E-state index in [0.29, 0.717) is 0 Å². The van der Waals surface area contributed by atoms with Crippen LogP contribution in [0.2, 0.25) is 0 Å². The summed E-state index contributed by atoms with van der Waals surface area (Å²) >= 11 is 0.